The minimum absolute atomic E-state index is 0.00419. The molecule has 3 amide bonds. The minimum Gasteiger partial charge on any atom is -0.344 e. The first-order valence-corrected chi connectivity index (χ1v) is 7.02. The van der Waals surface area contributed by atoms with E-state index >= 15 is 0 Å². The van der Waals surface area contributed by atoms with E-state index in [0.29, 0.717) is 24.2 Å². The van der Waals surface area contributed by atoms with E-state index in [0.717, 1.165) is 19.3 Å². The summed E-state index contributed by atoms with van der Waals surface area (Å²) in [6.45, 7) is 4.42. The van der Waals surface area contributed by atoms with Gasteiger partial charge in [-0.05, 0) is 37.0 Å². The molecule has 2 bridgehead atoms. The molecule has 0 radical (unpaired) electrons. The number of carbonyl (C=O) groups excluding carboxylic acids is 3. The van der Waals surface area contributed by atoms with E-state index < -0.39 is 6.04 Å². The van der Waals surface area contributed by atoms with Crippen LogP contribution in [0.25, 0.3) is 0 Å². The summed E-state index contributed by atoms with van der Waals surface area (Å²) in [5, 5.41) is 5.09. The average Bonchev–Trinajstić information content (AvgIpc) is 2.17. The van der Waals surface area contributed by atoms with Gasteiger partial charge in [-0.1, -0.05) is 13.8 Å². The lowest BCUT2D eigenvalue weighted by molar-refractivity contribution is -0.225. The summed E-state index contributed by atoms with van der Waals surface area (Å²) in [6, 6.07) is -0.533. The molecule has 1 aliphatic heterocycles. The summed E-state index contributed by atoms with van der Waals surface area (Å²) < 4.78 is 0. The van der Waals surface area contributed by atoms with E-state index in [1.54, 1.807) is 0 Å². The molecule has 4 fully saturated rings. The van der Waals surface area contributed by atoms with Crippen LogP contribution < -0.4 is 10.6 Å². The van der Waals surface area contributed by atoms with Crippen molar-refractivity contribution in [3.05, 3.63) is 0 Å². The lowest BCUT2D eigenvalue weighted by atomic mass is 9.32. The molecule has 0 aromatic heterocycles. The summed E-state index contributed by atoms with van der Waals surface area (Å²) in [5.74, 6) is 0.0110. The van der Waals surface area contributed by atoms with Crippen LogP contribution in [0.15, 0.2) is 0 Å². The zero-order chi connectivity index (χ0) is 13.8. The Bertz CT molecular complexity index is 450. The number of piperidine rings is 1. The molecule has 19 heavy (non-hydrogen) atoms. The molecule has 3 saturated carbocycles. The Morgan fingerprint density at radius 1 is 1.32 bits per heavy atom. The zero-order valence-electron chi connectivity index (χ0n) is 11.4. The Morgan fingerprint density at radius 3 is 2.47 bits per heavy atom. The highest BCUT2D eigenvalue weighted by atomic mass is 16.2. The van der Waals surface area contributed by atoms with Crippen LogP contribution in [0.4, 0.5) is 0 Å². The Labute approximate surface area is 112 Å². The molecule has 1 heterocycles. The summed E-state index contributed by atoms with van der Waals surface area (Å²) in [5.41, 5.74) is 0.161. The summed E-state index contributed by atoms with van der Waals surface area (Å²) in [6.07, 6.45) is 3.59. The molecule has 104 valence electrons. The third-order valence-corrected chi connectivity index (χ3v) is 5.32. The van der Waals surface area contributed by atoms with Gasteiger partial charge in [0.1, 0.15) is 6.04 Å². The maximum absolute atomic E-state index is 12.3. The lowest BCUT2D eigenvalue weighted by Crippen LogP contribution is -2.70. The van der Waals surface area contributed by atoms with Gasteiger partial charge in [0.15, 0.2) is 0 Å². The van der Waals surface area contributed by atoms with E-state index in [2.05, 4.69) is 24.5 Å². The fraction of sp³-hybridized carbons (Fsp3) is 0.786. The molecule has 0 spiro atoms. The first-order valence-electron chi connectivity index (χ1n) is 7.02. The van der Waals surface area contributed by atoms with Crippen molar-refractivity contribution in [3.8, 4) is 0 Å². The number of rotatable bonds is 3. The summed E-state index contributed by atoms with van der Waals surface area (Å²) in [7, 11) is 0. The smallest absolute Gasteiger partial charge is 0.249 e. The molecule has 3 aliphatic carbocycles. The number of hydrogen-bond acceptors (Lipinski definition) is 3. The quantitative estimate of drug-likeness (QED) is 0.738. The topological polar surface area (TPSA) is 75.3 Å². The number of nitrogens with one attached hydrogen (secondary N) is 2. The van der Waals surface area contributed by atoms with Crippen molar-refractivity contribution in [1.29, 1.82) is 0 Å². The van der Waals surface area contributed by atoms with Crippen LogP contribution in [0.5, 0.6) is 0 Å². The van der Waals surface area contributed by atoms with Gasteiger partial charge in [0, 0.05) is 6.42 Å². The second-order valence-electron chi connectivity index (χ2n) is 6.80. The van der Waals surface area contributed by atoms with Crippen molar-refractivity contribution in [1.82, 2.24) is 10.6 Å². The van der Waals surface area contributed by atoms with Gasteiger partial charge in [-0.2, -0.15) is 0 Å². The molecule has 2 N–H and O–H groups in total. The molecule has 0 aromatic rings. The monoisotopic (exact) mass is 264 g/mol. The predicted molar refractivity (Wildman–Crippen MR) is 67.9 cm³/mol. The minimum atomic E-state index is -0.533. The molecule has 0 aromatic carbocycles. The summed E-state index contributed by atoms with van der Waals surface area (Å²) >= 11 is 0. The first kappa shape index (κ1) is 12.6. The third-order valence-electron chi connectivity index (χ3n) is 5.32. The predicted octanol–water partition coefficient (Wildman–Crippen LogP) is 0.734. The van der Waals surface area contributed by atoms with Gasteiger partial charge < -0.3 is 5.32 Å². The van der Waals surface area contributed by atoms with Gasteiger partial charge in [-0.3, -0.25) is 19.7 Å². The maximum atomic E-state index is 12.3. The first-order chi connectivity index (χ1) is 8.87. The second kappa shape index (κ2) is 3.81. The molecule has 5 nitrogen and oxygen atoms in total. The van der Waals surface area contributed by atoms with Gasteiger partial charge in [-0.25, -0.2) is 0 Å². The molecule has 5 heteroatoms. The number of imide groups is 1. The van der Waals surface area contributed by atoms with E-state index in [1.165, 1.54) is 0 Å². The van der Waals surface area contributed by atoms with Crippen molar-refractivity contribution < 1.29 is 14.4 Å². The van der Waals surface area contributed by atoms with Crippen molar-refractivity contribution in [2.75, 3.05) is 0 Å². The Hall–Kier alpha value is -1.39. The van der Waals surface area contributed by atoms with Gasteiger partial charge in [0.2, 0.25) is 17.7 Å². The molecule has 1 saturated heterocycles. The molecular weight excluding hydrogens is 244 g/mol. The van der Waals surface area contributed by atoms with E-state index in [1.807, 2.05) is 0 Å². The number of carbonyl (C=O) groups is 3. The van der Waals surface area contributed by atoms with Crippen molar-refractivity contribution in [3.63, 3.8) is 0 Å². The van der Waals surface area contributed by atoms with Crippen LogP contribution in [-0.4, -0.2) is 23.8 Å². The normalized spacial score (nSPS) is 40.3. The third kappa shape index (κ3) is 1.70. The van der Waals surface area contributed by atoms with Crippen LogP contribution in [0.2, 0.25) is 0 Å². The number of amides is 3. The van der Waals surface area contributed by atoms with Gasteiger partial charge in [0.25, 0.3) is 0 Å². The van der Waals surface area contributed by atoms with Crippen LogP contribution in [0.3, 0.4) is 0 Å². The highest BCUT2D eigenvalue weighted by molar-refractivity contribution is 6.02. The second-order valence-corrected chi connectivity index (χ2v) is 6.80. The molecule has 1 unspecified atom stereocenters. The largest absolute Gasteiger partial charge is 0.344 e. The van der Waals surface area contributed by atoms with Crippen LogP contribution >= 0.6 is 0 Å². The average molecular weight is 264 g/mol. The van der Waals surface area contributed by atoms with E-state index in [-0.39, 0.29) is 23.1 Å². The van der Waals surface area contributed by atoms with Gasteiger partial charge in [0.05, 0.1) is 5.41 Å². The molecule has 1 atom stereocenters. The SMILES string of the molecule is CC(C)C12CC(C(=O)NC3CCC(=O)NC3=O)(C1)C2. The van der Waals surface area contributed by atoms with Crippen molar-refractivity contribution >= 4 is 17.7 Å². The lowest BCUT2D eigenvalue weighted by Gasteiger charge is -2.71. The highest BCUT2D eigenvalue weighted by Gasteiger charge is 2.72. The Kier molecular flexibility index (Phi) is 2.53. The highest BCUT2D eigenvalue weighted by Crippen LogP contribution is 2.76. The van der Waals surface area contributed by atoms with Crippen LogP contribution in [0, 0.1) is 16.7 Å². The standard InChI is InChI=1S/C14H20N2O3/c1-8(2)13-5-14(6-13,7-13)12(19)15-9-3-4-10(17)16-11(9)18/h8-9H,3-7H2,1-2H3,(H,15,19)(H,16,17,18). The van der Waals surface area contributed by atoms with Gasteiger partial charge >= 0.3 is 0 Å². The Balaban J connectivity index is 1.57. The van der Waals surface area contributed by atoms with Crippen molar-refractivity contribution in [2.45, 2.75) is 52.0 Å². The molecule has 4 rings (SSSR count). The van der Waals surface area contributed by atoms with E-state index in [4.69, 9.17) is 0 Å². The summed E-state index contributed by atoms with van der Waals surface area (Å²) in [4.78, 5) is 34.9. The van der Waals surface area contributed by atoms with E-state index in [9.17, 15) is 14.4 Å². The maximum Gasteiger partial charge on any atom is 0.249 e. The fourth-order valence-corrected chi connectivity index (χ4v) is 3.86. The van der Waals surface area contributed by atoms with Crippen LogP contribution in [-0.2, 0) is 14.4 Å². The zero-order valence-corrected chi connectivity index (χ0v) is 11.4. The van der Waals surface area contributed by atoms with Crippen molar-refractivity contribution in [2.24, 2.45) is 16.7 Å². The van der Waals surface area contributed by atoms with Crippen LogP contribution in [0.1, 0.15) is 46.0 Å². The molecule has 4 aliphatic rings. The number of hydrogen-bond donors (Lipinski definition) is 2. The fourth-order valence-electron chi connectivity index (χ4n) is 3.86. The van der Waals surface area contributed by atoms with Gasteiger partial charge in [-0.15, -0.1) is 0 Å². The Morgan fingerprint density at radius 2 is 1.95 bits per heavy atom. The molecular formula is C14H20N2O3.